The average Bonchev–Trinajstić information content (AvgIpc) is 2.78. The number of hydrogen-bond acceptors (Lipinski definition) is 6. The average molecular weight is 406 g/mol. The Labute approximate surface area is 174 Å². The molecule has 0 aliphatic heterocycles. The zero-order chi connectivity index (χ0) is 21.3. The molecule has 3 aromatic carbocycles. The molecule has 0 aromatic heterocycles. The van der Waals surface area contributed by atoms with Gasteiger partial charge in [0.2, 0.25) is 0 Å². The van der Waals surface area contributed by atoms with Gasteiger partial charge >= 0.3 is 5.97 Å². The number of carbonyl (C=O) groups is 2. The first kappa shape index (κ1) is 20.7. The van der Waals surface area contributed by atoms with Crippen LogP contribution in [0.5, 0.6) is 11.5 Å². The third-order valence-corrected chi connectivity index (χ3v) is 4.19. The van der Waals surface area contributed by atoms with E-state index in [1.165, 1.54) is 12.1 Å². The van der Waals surface area contributed by atoms with E-state index < -0.39 is 5.97 Å². The number of nitrogens with one attached hydrogen (secondary N) is 1. The molecule has 0 aliphatic carbocycles. The number of rotatable bonds is 8. The maximum absolute atomic E-state index is 12.3. The van der Waals surface area contributed by atoms with Gasteiger partial charge in [0, 0.05) is 5.69 Å². The van der Waals surface area contributed by atoms with Crippen LogP contribution in [0.3, 0.4) is 0 Å². The largest absolute Gasteiger partial charge is 0.497 e. The minimum Gasteiger partial charge on any atom is -0.497 e. The van der Waals surface area contributed by atoms with E-state index in [0.29, 0.717) is 17.1 Å². The molecule has 3 N–H and O–H groups in total. The number of ether oxygens (including phenoxy) is 3. The molecule has 0 radical (unpaired) electrons. The van der Waals surface area contributed by atoms with E-state index in [4.69, 9.17) is 19.9 Å². The van der Waals surface area contributed by atoms with Crippen LogP contribution in [0, 0.1) is 0 Å². The predicted octanol–water partition coefficient (Wildman–Crippen LogP) is 3.65. The fraction of sp³-hybridized carbons (Fsp3) is 0.130. The molecular weight excluding hydrogens is 384 g/mol. The van der Waals surface area contributed by atoms with E-state index in [2.05, 4.69) is 5.32 Å². The van der Waals surface area contributed by atoms with Gasteiger partial charge in [-0.25, -0.2) is 4.79 Å². The van der Waals surface area contributed by atoms with Crippen molar-refractivity contribution in [3.8, 4) is 11.5 Å². The number of benzene rings is 3. The maximum atomic E-state index is 12.3. The summed E-state index contributed by atoms with van der Waals surface area (Å²) in [7, 11) is 1.57. The smallest absolute Gasteiger partial charge is 0.338 e. The molecule has 7 heteroatoms. The Morgan fingerprint density at radius 3 is 2.40 bits per heavy atom. The van der Waals surface area contributed by atoms with Crippen LogP contribution < -0.4 is 20.5 Å². The number of carbonyl (C=O) groups excluding carboxylic acids is 2. The first-order valence-corrected chi connectivity index (χ1v) is 9.22. The summed E-state index contributed by atoms with van der Waals surface area (Å²) in [6.07, 6.45) is 0. The summed E-state index contributed by atoms with van der Waals surface area (Å²) < 4.78 is 15.9. The van der Waals surface area contributed by atoms with Gasteiger partial charge in [-0.1, -0.05) is 30.3 Å². The number of nitrogen functional groups attached to an aromatic ring is 1. The summed E-state index contributed by atoms with van der Waals surface area (Å²) in [6, 6.07) is 20.8. The third-order valence-electron chi connectivity index (χ3n) is 4.19. The molecule has 0 spiro atoms. The molecule has 154 valence electrons. The summed E-state index contributed by atoms with van der Waals surface area (Å²) in [5, 5.41) is 2.71. The Balaban J connectivity index is 1.56. The van der Waals surface area contributed by atoms with Crippen LogP contribution in [0.4, 0.5) is 11.4 Å². The lowest BCUT2D eigenvalue weighted by atomic mass is 10.2. The van der Waals surface area contributed by atoms with E-state index >= 15 is 0 Å². The van der Waals surface area contributed by atoms with Gasteiger partial charge in [0.05, 0.1) is 18.4 Å². The highest BCUT2D eigenvalue weighted by molar-refractivity contribution is 5.92. The van der Waals surface area contributed by atoms with E-state index in [9.17, 15) is 9.59 Å². The van der Waals surface area contributed by atoms with Gasteiger partial charge < -0.3 is 25.3 Å². The molecule has 1 amide bonds. The van der Waals surface area contributed by atoms with Crippen molar-refractivity contribution in [2.75, 3.05) is 24.8 Å². The number of anilines is 2. The molecule has 30 heavy (non-hydrogen) atoms. The van der Waals surface area contributed by atoms with Crippen molar-refractivity contribution in [1.29, 1.82) is 0 Å². The zero-order valence-corrected chi connectivity index (χ0v) is 16.5. The van der Waals surface area contributed by atoms with Gasteiger partial charge in [0.15, 0.2) is 6.61 Å². The number of hydrogen-bond donors (Lipinski definition) is 2. The van der Waals surface area contributed by atoms with Gasteiger partial charge in [-0.05, 0) is 48.0 Å². The first-order valence-electron chi connectivity index (χ1n) is 9.22. The molecule has 7 nitrogen and oxygen atoms in total. The monoisotopic (exact) mass is 406 g/mol. The number of methoxy groups -OCH3 is 1. The lowest BCUT2D eigenvalue weighted by Crippen LogP contribution is -2.20. The van der Waals surface area contributed by atoms with Crippen LogP contribution in [-0.2, 0) is 16.1 Å². The Kier molecular flexibility index (Phi) is 6.89. The molecule has 0 fully saturated rings. The first-order chi connectivity index (χ1) is 14.5. The summed E-state index contributed by atoms with van der Waals surface area (Å²) in [5.41, 5.74) is 7.99. The van der Waals surface area contributed by atoms with Gasteiger partial charge in [0.25, 0.3) is 5.91 Å². The van der Waals surface area contributed by atoms with Gasteiger partial charge in [0.1, 0.15) is 18.1 Å². The lowest BCUT2D eigenvalue weighted by Gasteiger charge is -2.11. The Morgan fingerprint density at radius 1 is 0.967 bits per heavy atom. The second-order valence-electron chi connectivity index (χ2n) is 6.38. The van der Waals surface area contributed by atoms with Gasteiger partial charge in [-0.2, -0.15) is 0 Å². The van der Waals surface area contributed by atoms with E-state index in [1.807, 2.05) is 30.3 Å². The van der Waals surface area contributed by atoms with Crippen LogP contribution in [0.1, 0.15) is 15.9 Å². The number of nitrogens with two attached hydrogens (primary N) is 1. The molecule has 0 atom stereocenters. The molecule has 0 saturated heterocycles. The highest BCUT2D eigenvalue weighted by atomic mass is 16.5. The normalized spacial score (nSPS) is 10.2. The van der Waals surface area contributed by atoms with Crippen LogP contribution in [0.25, 0.3) is 0 Å². The summed E-state index contributed by atoms with van der Waals surface area (Å²) in [5.74, 6) is 0.0463. The standard InChI is InChI=1S/C23H22N2O5/c1-28-19-10-8-18(9-11-19)25-22(26)15-29-21-13-17(7-12-20(21)24)23(27)30-14-16-5-3-2-4-6-16/h2-13H,14-15,24H2,1H3,(H,25,26). The van der Waals surface area contributed by atoms with Crippen molar-refractivity contribution in [2.45, 2.75) is 6.61 Å². The lowest BCUT2D eigenvalue weighted by molar-refractivity contribution is -0.118. The minimum absolute atomic E-state index is 0.157. The SMILES string of the molecule is COc1ccc(NC(=O)COc2cc(C(=O)OCc3ccccc3)ccc2N)cc1. The fourth-order valence-electron chi connectivity index (χ4n) is 2.61. The molecular formula is C23H22N2O5. The molecule has 3 rings (SSSR count). The maximum Gasteiger partial charge on any atom is 0.338 e. The fourth-order valence-corrected chi connectivity index (χ4v) is 2.61. The van der Waals surface area contributed by atoms with Gasteiger partial charge in [-0.3, -0.25) is 4.79 Å². The molecule has 0 bridgehead atoms. The minimum atomic E-state index is -0.508. The second-order valence-corrected chi connectivity index (χ2v) is 6.38. The summed E-state index contributed by atoms with van der Waals surface area (Å²) in [4.78, 5) is 24.4. The topological polar surface area (TPSA) is 99.9 Å². The molecule has 3 aromatic rings. The molecule has 0 aliphatic rings. The van der Waals surface area contributed by atoms with Crippen molar-refractivity contribution in [1.82, 2.24) is 0 Å². The van der Waals surface area contributed by atoms with Crippen molar-refractivity contribution >= 4 is 23.3 Å². The quantitative estimate of drug-likeness (QED) is 0.438. The Morgan fingerprint density at radius 2 is 1.70 bits per heavy atom. The summed E-state index contributed by atoms with van der Waals surface area (Å²) >= 11 is 0. The highest BCUT2D eigenvalue weighted by Crippen LogP contribution is 2.23. The van der Waals surface area contributed by atoms with Crippen molar-refractivity contribution in [3.05, 3.63) is 83.9 Å². The van der Waals surface area contributed by atoms with Crippen LogP contribution >= 0.6 is 0 Å². The van der Waals surface area contributed by atoms with E-state index in [0.717, 1.165) is 5.56 Å². The van der Waals surface area contributed by atoms with Crippen LogP contribution in [-0.4, -0.2) is 25.6 Å². The van der Waals surface area contributed by atoms with Crippen molar-refractivity contribution in [3.63, 3.8) is 0 Å². The van der Waals surface area contributed by atoms with Crippen LogP contribution in [0.2, 0.25) is 0 Å². The Bertz CT molecular complexity index is 1000. The Hall–Kier alpha value is -4.00. The molecule has 0 heterocycles. The predicted molar refractivity (Wildman–Crippen MR) is 114 cm³/mol. The molecule has 0 unspecified atom stereocenters. The summed E-state index contributed by atoms with van der Waals surface area (Å²) in [6.45, 7) is -0.108. The van der Waals surface area contributed by atoms with Crippen molar-refractivity contribution < 1.29 is 23.8 Å². The zero-order valence-electron chi connectivity index (χ0n) is 16.5. The number of esters is 1. The van der Waals surface area contributed by atoms with E-state index in [1.54, 1.807) is 37.4 Å². The molecule has 0 saturated carbocycles. The van der Waals surface area contributed by atoms with E-state index in [-0.39, 0.29) is 30.4 Å². The second kappa shape index (κ2) is 9.97. The van der Waals surface area contributed by atoms with Crippen molar-refractivity contribution in [2.24, 2.45) is 0 Å². The van der Waals surface area contributed by atoms with Crippen LogP contribution in [0.15, 0.2) is 72.8 Å². The third kappa shape index (κ3) is 5.75. The van der Waals surface area contributed by atoms with Gasteiger partial charge in [-0.15, -0.1) is 0 Å². The highest BCUT2D eigenvalue weighted by Gasteiger charge is 2.12. The number of amides is 1.